The van der Waals surface area contributed by atoms with Crippen LogP contribution in [0.3, 0.4) is 0 Å². The quantitative estimate of drug-likeness (QED) is 0.676. The van der Waals surface area contributed by atoms with Gasteiger partial charge in [-0.3, -0.25) is 5.10 Å². The monoisotopic (exact) mass is 334 g/mol. The standard InChI is InChI=1S/C14H14N4O2S2/c15-8-9-1-2-10(11(7-9)12-3-5-17-18-12)14-13(4-6-21-14)22(16,19)20/h1-7H,8,15H2,(H,17,18)(H2,16,19,20). The zero-order chi connectivity index (χ0) is 15.7. The maximum absolute atomic E-state index is 11.8. The molecular formula is C14H14N4O2S2. The first kappa shape index (κ1) is 14.9. The Balaban J connectivity index is 2.26. The first-order chi connectivity index (χ1) is 10.5. The number of aromatic nitrogens is 2. The van der Waals surface area contributed by atoms with Gasteiger partial charge in [0.1, 0.15) is 4.90 Å². The van der Waals surface area contributed by atoms with E-state index in [0.717, 1.165) is 22.4 Å². The first-order valence-corrected chi connectivity index (χ1v) is 8.87. The Bertz CT molecular complexity index is 899. The van der Waals surface area contributed by atoms with Crippen molar-refractivity contribution in [2.75, 3.05) is 0 Å². The van der Waals surface area contributed by atoms with E-state index in [1.165, 1.54) is 17.4 Å². The zero-order valence-corrected chi connectivity index (χ0v) is 13.1. The van der Waals surface area contributed by atoms with Gasteiger partial charge in [-0.15, -0.1) is 11.3 Å². The number of nitrogens with two attached hydrogens (primary N) is 2. The number of sulfonamides is 1. The third-order valence-electron chi connectivity index (χ3n) is 3.28. The molecule has 0 bridgehead atoms. The predicted molar refractivity (Wildman–Crippen MR) is 86.6 cm³/mol. The van der Waals surface area contributed by atoms with E-state index >= 15 is 0 Å². The largest absolute Gasteiger partial charge is 0.326 e. The van der Waals surface area contributed by atoms with Crippen LogP contribution in [0.5, 0.6) is 0 Å². The van der Waals surface area contributed by atoms with Crippen LogP contribution >= 0.6 is 11.3 Å². The molecular weight excluding hydrogens is 320 g/mol. The van der Waals surface area contributed by atoms with Gasteiger partial charge in [0.2, 0.25) is 10.0 Å². The molecule has 0 unspecified atom stereocenters. The van der Waals surface area contributed by atoms with Crippen LogP contribution in [0.4, 0.5) is 0 Å². The number of nitrogens with zero attached hydrogens (tertiary/aromatic N) is 1. The molecule has 114 valence electrons. The Labute approximate surface area is 131 Å². The van der Waals surface area contributed by atoms with E-state index in [-0.39, 0.29) is 4.90 Å². The molecule has 5 N–H and O–H groups in total. The number of thiophene rings is 1. The molecule has 0 saturated carbocycles. The number of hydrogen-bond acceptors (Lipinski definition) is 5. The topological polar surface area (TPSA) is 115 Å². The minimum Gasteiger partial charge on any atom is -0.326 e. The maximum atomic E-state index is 11.8. The van der Waals surface area contributed by atoms with Gasteiger partial charge in [-0.2, -0.15) is 5.10 Å². The minimum absolute atomic E-state index is 0.120. The van der Waals surface area contributed by atoms with Gasteiger partial charge >= 0.3 is 0 Å². The van der Waals surface area contributed by atoms with Crippen molar-refractivity contribution in [2.24, 2.45) is 10.9 Å². The molecule has 0 aliphatic carbocycles. The highest BCUT2D eigenvalue weighted by Gasteiger charge is 2.20. The number of hydrogen-bond donors (Lipinski definition) is 3. The van der Waals surface area contributed by atoms with Crippen LogP contribution in [-0.4, -0.2) is 18.6 Å². The van der Waals surface area contributed by atoms with Crippen molar-refractivity contribution in [1.82, 2.24) is 10.2 Å². The Morgan fingerprint density at radius 2 is 2.00 bits per heavy atom. The molecule has 0 aliphatic rings. The summed E-state index contributed by atoms with van der Waals surface area (Å²) >= 11 is 1.33. The molecule has 8 heteroatoms. The Morgan fingerprint density at radius 3 is 2.64 bits per heavy atom. The van der Waals surface area contributed by atoms with Gasteiger partial charge in [-0.25, -0.2) is 13.6 Å². The smallest absolute Gasteiger partial charge is 0.239 e. The van der Waals surface area contributed by atoms with Crippen molar-refractivity contribution < 1.29 is 8.42 Å². The van der Waals surface area contributed by atoms with Crippen LogP contribution in [0, 0.1) is 0 Å². The van der Waals surface area contributed by atoms with Crippen molar-refractivity contribution >= 4 is 21.4 Å². The van der Waals surface area contributed by atoms with Crippen LogP contribution in [-0.2, 0) is 16.6 Å². The van der Waals surface area contributed by atoms with Gasteiger partial charge in [0.15, 0.2) is 0 Å². The van der Waals surface area contributed by atoms with Crippen molar-refractivity contribution in [3.63, 3.8) is 0 Å². The van der Waals surface area contributed by atoms with Crippen LogP contribution < -0.4 is 10.9 Å². The normalized spacial score (nSPS) is 11.7. The molecule has 2 heterocycles. The van der Waals surface area contributed by atoms with Gasteiger partial charge in [-0.05, 0) is 29.1 Å². The molecule has 0 radical (unpaired) electrons. The summed E-state index contributed by atoms with van der Waals surface area (Å²) < 4.78 is 23.5. The van der Waals surface area contributed by atoms with Gasteiger partial charge < -0.3 is 5.73 Å². The lowest BCUT2D eigenvalue weighted by Gasteiger charge is -2.10. The Hall–Kier alpha value is -2.00. The van der Waals surface area contributed by atoms with Gasteiger partial charge in [-0.1, -0.05) is 12.1 Å². The molecule has 1 aromatic carbocycles. The van der Waals surface area contributed by atoms with E-state index in [2.05, 4.69) is 10.2 Å². The number of primary sulfonamides is 1. The second-order valence-corrected chi connectivity index (χ2v) is 7.15. The average molecular weight is 334 g/mol. The lowest BCUT2D eigenvalue weighted by atomic mass is 10.00. The number of rotatable bonds is 4. The molecule has 0 fully saturated rings. The fourth-order valence-electron chi connectivity index (χ4n) is 2.26. The molecule has 0 amide bonds. The third kappa shape index (κ3) is 2.69. The fourth-order valence-corrected chi connectivity index (χ4v) is 4.29. The minimum atomic E-state index is -3.78. The molecule has 22 heavy (non-hydrogen) atoms. The molecule has 0 saturated heterocycles. The molecule has 2 aromatic heterocycles. The van der Waals surface area contributed by atoms with Crippen LogP contribution in [0.25, 0.3) is 21.7 Å². The summed E-state index contributed by atoms with van der Waals surface area (Å²) in [5, 5.41) is 14.0. The van der Waals surface area contributed by atoms with Gasteiger partial charge in [0.25, 0.3) is 0 Å². The van der Waals surface area contributed by atoms with Crippen molar-refractivity contribution in [3.05, 3.63) is 47.5 Å². The Kier molecular flexibility index (Phi) is 3.83. The molecule has 0 spiro atoms. The third-order valence-corrected chi connectivity index (χ3v) is 5.31. The summed E-state index contributed by atoms with van der Waals surface area (Å²) in [4.78, 5) is 0.721. The second-order valence-electron chi connectivity index (χ2n) is 4.70. The number of H-pyrrole nitrogens is 1. The predicted octanol–water partition coefficient (Wildman–Crippen LogP) is 1.91. The van der Waals surface area contributed by atoms with E-state index in [9.17, 15) is 8.42 Å². The Morgan fingerprint density at radius 1 is 1.18 bits per heavy atom. The number of nitrogens with one attached hydrogen (secondary N) is 1. The van der Waals surface area contributed by atoms with Crippen molar-refractivity contribution in [1.29, 1.82) is 0 Å². The number of aromatic amines is 1. The molecule has 6 nitrogen and oxygen atoms in total. The van der Waals surface area contributed by atoms with Crippen LogP contribution in [0.2, 0.25) is 0 Å². The zero-order valence-electron chi connectivity index (χ0n) is 11.5. The molecule has 3 aromatic rings. The average Bonchev–Trinajstić information content (AvgIpc) is 3.17. The highest BCUT2D eigenvalue weighted by Crippen LogP contribution is 2.38. The lowest BCUT2D eigenvalue weighted by molar-refractivity contribution is 0.598. The highest BCUT2D eigenvalue weighted by molar-refractivity contribution is 7.89. The first-order valence-electron chi connectivity index (χ1n) is 6.44. The van der Waals surface area contributed by atoms with E-state index in [4.69, 9.17) is 10.9 Å². The summed E-state index contributed by atoms with van der Waals surface area (Å²) in [5.74, 6) is 0. The maximum Gasteiger partial charge on any atom is 0.239 e. The molecule has 0 aliphatic heterocycles. The van der Waals surface area contributed by atoms with E-state index in [1.807, 2.05) is 24.3 Å². The summed E-state index contributed by atoms with van der Waals surface area (Å²) in [7, 11) is -3.78. The van der Waals surface area contributed by atoms with Crippen molar-refractivity contribution in [2.45, 2.75) is 11.4 Å². The summed E-state index contributed by atoms with van der Waals surface area (Å²) in [6, 6.07) is 8.98. The van der Waals surface area contributed by atoms with Crippen LogP contribution in [0.1, 0.15) is 5.56 Å². The van der Waals surface area contributed by atoms with E-state index < -0.39 is 10.0 Å². The highest BCUT2D eigenvalue weighted by atomic mass is 32.2. The van der Waals surface area contributed by atoms with E-state index in [1.54, 1.807) is 11.6 Å². The second kappa shape index (κ2) is 5.65. The summed E-state index contributed by atoms with van der Waals surface area (Å²) in [6.07, 6.45) is 1.71. The van der Waals surface area contributed by atoms with E-state index in [0.29, 0.717) is 11.4 Å². The SMILES string of the molecule is NCc1ccc(-c2sccc2S(N)(=O)=O)c(-c2cc[nH]n2)c1. The summed E-state index contributed by atoms with van der Waals surface area (Å²) in [5.41, 5.74) is 8.94. The molecule has 0 atom stereocenters. The van der Waals surface area contributed by atoms with Crippen molar-refractivity contribution in [3.8, 4) is 21.7 Å². The van der Waals surface area contributed by atoms with Gasteiger partial charge in [0, 0.05) is 23.9 Å². The number of benzene rings is 1. The fraction of sp³-hybridized carbons (Fsp3) is 0.0714. The van der Waals surface area contributed by atoms with Gasteiger partial charge in [0.05, 0.1) is 10.6 Å². The summed E-state index contributed by atoms with van der Waals surface area (Å²) in [6.45, 7) is 0.393. The molecule has 3 rings (SSSR count). The van der Waals surface area contributed by atoms with Crippen LogP contribution in [0.15, 0.2) is 46.8 Å². The lowest BCUT2D eigenvalue weighted by Crippen LogP contribution is -2.12.